The minimum atomic E-state index is -0.250. The lowest BCUT2D eigenvalue weighted by molar-refractivity contribution is -0.154. The first kappa shape index (κ1) is 22.3. The van der Waals surface area contributed by atoms with Crippen LogP contribution in [-0.4, -0.2) is 104 Å². The molecule has 0 unspecified atom stereocenters. The second-order valence-electron chi connectivity index (χ2n) is 8.95. The SMILES string of the molecule is CN1CCn2nc(C(=O)N3C[C@H]4C[C@@H](C3)[C@H](CO)N3C(=O)CCC[C@@H]43)cc2C1=O.O=CO. The third-order valence-electron chi connectivity index (χ3n) is 7.18. The Kier molecular flexibility index (Phi) is 6.18. The number of fused-ring (bicyclic) bond motifs is 5. The van der Waals surface area contributed by atoms with Gasteiger partial charge in [0.05, 0.1) is 19.2 Å². The maximum atomic E-state index is 13.2. The van der Waals surface area contributed by atoms with Gasteiger partial charge in [0.2, 0.25) is 5.91 Å². The van der Waals surface area contributed by atoms with E-state index in [0.29, 0.717) is 44.0 Å². The number of hydrogen-bond acceptors (Lipinski definition) is 6. The molecule has 1 aromatic heterocycles. The summed E-state index contributed by atoms with van der Waals surface area (Å²) in [7, 11) is 1.75. The number of carbonyl (C=O) groups is 4. The summed E-state index contributed by atoms with van der Waals surface area (Å²) in [5.41, 5.74) is 0.761. The van der Waals surface area contributed by atoms with Crippen molar-refractivity contribution in [1.82, 2.24) is 24.5 Å². The number of likely N-dealkylation sites (N-methyl/N-ethyl adjacent to an activating group) is 1. The van der Waals surface area contributed by atoms with Gasteiger partial charge in [0.15, 0.2) is 5.69 Å². The molecule has 1 aromatic rings. The Balaban J connectivity index is 0.000000775. The molecule has 0 aromatic carbocycles. The summed E-state index contributed by atoms with van der Waals surface area (Å²) in [5.74, 6) is 0.166. The molecule has 4 aliphatic rings. The largest absolute Gasteiger partial charge is 0.483 e. The van der Waals surface area contributed by atoms with Gasteiger partial charge in [-0.3, -0.25) is 23.9 Å². The van der Waals surface area contributed by atoms with Crippen LogP contribution >= 0.6 is 0 Å². The molecular formula is C21H29N5O6. The van der Waals surface area contributed by atoms with Crippen molar-refractivity contribution in [3.05, 3.63) is 17.5 Å². The van der Waals surface area contributed by atoms with Crippen LogP contribution in [0.1, 0.15) is 46.7 Å². The van der Waals surface area contributed by atoms with E-state index in [1.165, 1.54) is 0 Å². The van der Waals surface area contributed by atoms with Crippen LogP contribution in [0.2, 0.25) is 0 Å². The number of piperidine rings is 3. The van der Waals surface area contributed by atoms with Crippen LogP contribution in [0.3, 0.4) is 0 Å². The Morgan fingerprint density at radius 1 is 1.25 bits per heavy atom. The number of likely N-dealkylation sites (tertiary alicyclic amines) is 1. The molecule has 11 nitrogen and oxygen atoms in total. The van der Waals surface area contributed by atoms with Gasteiger partial charge in [0.1, 0.15) is 5.69 Å². The molecule has 2 N–H and O–H groups in total. The van der Waals surface area contributed by atoms with Gasteiger partial charge in [0.25, 0.3) is 18.3 Å². The first-order chi connectivity index (χ1) is 15.4. The Labute approximate surface area is 185 Å². The van der Waals surface area contributed by atoms with Crippen molar-refractivity contribution in [2.24, 2.45) is 11.8 Å². The standard InChI is InChI=1S/C20H27N5O4.CH2O2/c1-22-5-6-24-16(20(22)29)8-14(21-24)19(28)23-9-12-7-13(10-23)17(11-26)25-15(12)3-2-4-18(25)27;2-1-3/h8,12-13,15,17,26H,2-7,9-11H2,1H3;1H,(H,2,3)/t12-,13+,15+,17+;/m1./s1. The lowest BCUT2D eigenvalue weighted by Gasteiger charge is -2.56. The molecule has 0 saturated carbocycles. The average molecular weight is 447 g/mol. The third-order valence-corrected chi connectivity index (χ3v) is 7.18. The second-order valence-corrected chi connectivity index (χ2v) is 8.95. The highest BCUT2D eigenvalue weighted by Gasteiger charge is 2.50. The van der Waals surface area contributed by atoms with Crippen molar-refractivity contribution in [3.8, 4) is 0 Å². The summed E-state index contributed by atoms with van der Waals surface area (Å²) in [4.78, 5) is 51.8. The molecule has 0 radical (unpaired) electrons. The lowest BCUT2D eigenvalue weighted by atomic mass is 9.72. The fourth-order valence-corrected chi connectivity index (χ4v) is 5.74. The van der Waals surface area contributed by atoms with Crippen molar-refractivity contribution < 1.29 is 29.4 Å². The molecule has 5 heterocycles. The maximum absolute atomic E-state index is 13.2. The Hall–Kier alpha value is -2.95. The van der Waals surface area contributed by atoms with E-state index in [-0.39, 0.29) is 54.7 Å². The van der Waals surface area contributed by atoms with Crippen molar-refractivity contribution in [2.45, 2.75) is 44.3 Å². The van der Waals surface area contributed by atoms with Crippen LogP contribution in [-0.2, 0) is 16.1 Å². The highest BCUT2D eigenvalue weighted by molar-refractivity contribution is 5.98. The number of nitrogens with zero attached hydrogens (tertiary/aromatic N) is 5. The van der Waals surface area contributed by atoms with Crippen molar-refractivity contribution >= 4 is 24.2 Å². The van der Waals surface area contributed by atoms with Crippen LogP contribution in [0.4, 0.5) is 0 Å². The van der Waals surface area contributed by atoms with Gasteiger partial charge in [-0.05, 0) is 31.1 Å². The van der Waals surface area contributed by atoms with Crippen LogP contribution in [0.25, 0.3) is 0 Å². The van der Waals surface area contributed by atoms with Gasteiger partial charge in [0, 0.05) is 45.2 Å². The normalized spacial score (nSPS) is 29.0. The highest BCUT2D eigenvalue weighted by atomic mass is 16.3. The third kappa shape index (κ3) is 3.74. The number of aromatic nitrogens is 2. The number of aliphatic hydroxyl groups is 1. The molecular weight excluding hydrogens is 418 g/mol. The van der Waals surface area contributed by atoms with Crippen molar-refractivity contribution in [1.29, 1.82) is 0 Å². The summed E-state index contributed by atoms with van der Waals surface area (Å²) in [6.07, 6.45) is 3.29. The molecule has 32 heavy (non-hydrogen) atoms. The van der Waals surface area contributed by atoms with Gasteiger partial charge >= 0.3 is 0 Å². The average Bonchev–Trinajstić information content (AvgIpc) is 3.22. The van der Waals surface area contributed by atoms with Gasteiger partial charge < -0.3 is 24.9 Å². The van der Waals surface area contributed by atoms with Gasteiger partial charge in [-0.25, -0.2) is 0 Å². The number of rotatable bonds is 2. The fraction of sp³-hybridized carbons (Fsp3) is 0.667. The van der Waals surface area contributed by atoms with E-state index in [1.807, 2.05) is 9.80 Å². The van der Waals surface area contributed by atoms with E-state index < -0.39 is 0 Å². The molecule has 4 atom stereocenters. The van der Waals surface area contributed by atoms with Gasteiger partial charge in [-0.1, -0.05) is 0 Å². The highest BCUT2D eigenvalue weighted by Crippen LogP contribution is 2.41. The van der Waals surface area contributed by atoms with Crippen LogP contribution in [0, 0.1) is 11.8 Å². The molecule has 3 amide bonds. The number of aliphatic hydroxyl groups excluding tert-OH is 1. The van der Waals surface area contributed by atoms with E-state index in [1.54, 1.807) is 22.7 Å². The van der Waals surface area contributed by atoms with E-state index in [4.69, 9.17) is 9.90 Å². The number of carboxylic acid groups (broad SMARTS) is 1. The monoisotopic (exact) mass is 447 g/mol. The second kappa shape index (κ2) is 8.89. The summed E-state index contributed by atoms with van der Waals surface area (Å²) in [6.45, 7) is 1.95. The maximum Gasteiger partial charge on any atom is 0.290 e. The summed E-state index contributed by atoms with van der Waals surface area (Å²) in [5, 5.41) is 21.3. The molecule has 174 valence electrons. The molecule has 0 aliphatic carbocycles. The molecule has 0 spiro atoms. The summed E-state index contributed by atoms with van der Waals surface area (Å²) in [6, 6.07) is 1.49. The van der Waals surface area contributed by atoms with Crippen molar-refractivity contribution in [2.75, 3.05) is 33.3 Å². The zero-order valence-corrected chi connectivity index (χ0v) is 18.1. The minimum absolute atomic E-state index is 0.0682. The minimum Gasteiger partial charge on any atom is -0.483 e. The van der Waals surface area contributed by atoms with Crippen LogP contribution < -0.4 is 0 Å². The number of amides is 3. The summed E-state index contributed by atoms with van der Waals surface area (Å²) >= 11 is 0. The van der Waals surface area contributed by atoms with E-state index in [2.05, 4.69) is 5.10 Å². The Morgan fingerprint density at radius 3 is 2.69 bits per heavy atom. The van der Waals surface area contributed by atoms with E-state index in [0.717, 1.165) is 19.3 Å². The van der Waals surface area contributed by atoms with Crippen LogP contribution in [0.15, 0.2) is 6.07 Å². The molecule has 11 heteroatoms. The van der Waals surface area contributed by atoms with Gasteiger partial charge in [-0.2, -0.15) is 5.10 Å². The molecule has 2 bridgehead atoms. The zero-order chi connectivity index (χ0) is 23.0. The topological polar surface area (TPSA) is 136 Å². The zero-order valence-electron chi connectivity index (χ0n) is 18.1. The van der Waals surface area contributed by atoms with E-state index >= 15 is 0 Å². The Bertz CT molecular complexity index is 902. The smallest absolute Gasteiger partial charge is 0.290 e. The molecule has 3 fully saturated rings. The van der Waals surface area contributed by atoms with Crippen LogP contribution in [0.5, 0.6) is 0 Å². The first-order valence-electron chi connectivity index (χ1n) is 11.0. The summed E-state index contributed by atoms with van der Waals surface area (Å²) < 4.78 is 1.62. The molecule has 5 rings (SSSR count). The predicted molar refractivity (Wildman–Crippen MR) is 111 cm³/mol. The number of carbonyl (C=O) groups excluding carboxylic acids is 3. The van der Waals surface area contributed by atoms with Gasteiger partial charge in [-0.15, -0.1) is 0 Å². The quantitative estimate of drug-likeness (QED) is 0.584. The number of hydrogen-bond donors (Lipinski definition) is 2. The Morgan fingerprint density at radius 2 is 1.97 bits per heavy atom. The predicted octanol–water partition coefficient (Wildman–Crippen LogP) is -0.497. The fourth-order valence-electron chi connectivity index (χ4n) is 5.74. The lowest BCUT2D eigenvalue weighted by Crippen LogP contribution is -2.66. The van der Waals surface area contributed by atoms with E-state index in [9.17, 15) is 19.5 Å². The van der Waals surface area contributed by atoms with Crippen molar-refractivity contribution in [3.63, 3.8) is 0 Å². The molecule has 3 saturated heterocycles. The molecule has 4 aliphatic heterocycles. The first-order valence-corrected chi connectivity index (χ1v) is 11.0.